The molecule has 0 saturated heterocycles. The van der Waals surface area contributed by atoms with Crippen molar-refractivity contribution in [3.8, 4) is 6.07 Å². The van der Waals surface area contributed by atoms with Crippen molar-refractivity contribution in [2.45, 2.75) is 25.7 Å². The van der Waals surface area contributed by atoms with E-state index in [-0.39, 0.29) is 11.7 Å². The second kappa shape index (κ2) is 5.03. The van der Waals surface area contributed by atoms with E-state index in [1.54, 1.807) is 10.7 Å². The van der Waals surface area contributed by atoms with Gasteiger partial charge in [-0.2, -0.15) is 10.4 Å². The van der Waals surface area contributed by atoms with Crippen molar-refractivity contribution >= 4 is 11.4 Å². The fourth-order valence-electron chi connectivity index (χ4n) is 3.29. The standard InChI is InChI=1S/C18H14N4O/c1-11-3-2-4-12(5-11)13-6-16-15(17(23)7-13)10-20-18-14(8-19)9-21-22(16)18/h2-5,9-10,13H,6-7H2,1H3. The van der Waals surface area contributed by atoms with Crippen LogP contribution in [0.15, 0.2) is 36.7 Å². The second-order valence-corrected chi connectivity index (χ2v) is 5.97. The van der Waals surface area contributed by atoms with E-state index in [9.17, 15) is 4.79 Å². The Morgan fingerprint density at radius 3 is 2.96 bits per heavy atom. The molecule has 0 spiro atoms. The van der Waals surface area contributed by atoms with E-state index >= 15 is 0 Å². The maximum Gasteiger partial charge on any atom is 0.173 e. The molecule has 5 nitrogen and oxygen atoms in total. The summed E-state index contributed by atoms with van der Waals surface area (Å²) in [4.78, 5) is 16.8. The van der Waals surface area contributed by atoms with Gasteiger partial charge in [-0.25, -0.2) is 9.50 Å². The van der Waals surface area contributed by atoms with Crippen LogP contribution < -0.4 is 0 Å². The molecule has 1 aromatic carbocycles. The highest BCUT2D eigenvalue weighted by Gasteiger charge is 2.29. The Balaban J connectivity index is 1.85. The monoisotopic (exact) mass is 302 g/mol. The van der Waals surface area contributed by atoms with Crippen LogP contribution in [0, 0.1) is 18.3 Å². The van der Waals surface area contributed by atoms with E-state index in [0.717, 1.165) is 12.1 Å². The third kappa shape index (κ3) is 2.11. The van der Waals surface area contributed by atoms with E-state index < -0.39 is 0 Å². The molecule has 0 saturated carbocycles. The molecule has 0 radical (unpaired) electrons. The lowest BCUT2D eigenvalue weighted by atomic mass is 9.82. The molecule has 3 aromatic rings. The summed E-state index contributed by atoms with van der Waals surface area (Å²) in [5.41, 5.74) is 4.77. The summed E-state index contributed by atoms with van der Waals surface area (Å²) in [5, 5.41) is 13.4. The second-order valence-electron chi connectivity index (χ2n) is 5.97. The zero-order chi connectivity index (χ0) is 16.0. The summed E-state index contributed by atoms with van der Waals surface area (Å²) in [6.07, 6.45) is 4.29. The fourth-order valence-corrected chi connectivity index (χ4v) is 3.29. The molecule has 2 heterocycles. The highest BCUT2D eigenvalue weighted by molar-refractivity contribution is 5.98. The molecule has 4 rings (SSSR count). The maximum atomic E-state index is 12.5. The van der Waals surface area contributed by atoms with E-state index in [1.165, 1.54) is 17.3 Å². The van der Waals surface area contributed by atoms with Gasteiger partial charge in [-0.05, 0) is 24.8 Å². The van der Waals surface area contributed by atoms with Crippen molar-refractivity contribution < 1.29 is 4.79 Å². The van der Waals surface area contributed by atoms with E-state index in [4.69, 9.17) is 5.26 Å². The zero-order valence-corrected chi connectivity index (χ0v) is 12.7. The fraction of sp³-hybridized carbons (Fsp3) is 0.222. The van der Waals surface area contributed by atoms with Crippen LogP contribution >= 0.6 is 0 Å². The van der Waals surface area contributed by atoms with Crippen molar-refractivity contribution in [1.82, 2.24) is 14.6 Å². The van der Waals surface area contributed by atoms with Gasteiger partial charge in [0.15, 0.2) is 11.4 Å². The molecule has 2 aromatic heterocycles. The summed E-state index contributed by atoms with van der Waals surface area (Å²) in [7, 11) is 0. The molecule has 0 fully saturated rings. The van der Waals surface area contributed by atoms with Crippen molar-refractivity contribution in [1.29, 1.82) is 5.26 Å². The first-order chi connectivity index (χ1) is 11.2. The van der Waals surface area contributed by atoms with Crippen LogP contribution in [0.5, 0.6) is 0 Å². The molecule has 1 unspecified atom stereocenters. The van der Waals surface area contributed by atoms with E-state index in [2.05, 4.69) is 41.3 Å². The molecule has 5 heteroatoms. The molecule has 0 bridgehead atoms. The first kappa shape index (κ1) is 13.6. The summed E-state index contributed by atoms with van der Waals surface area (Å²) >= 11 is 0. The summed E-state index contributed by atoms with van der Waals surface area (Å²) < 4.78 is 1.65. The Kier molecular flexibility index (Phi) is 2.98. The van der Waals surface area contributed by atoms with Crippen LogP contribution in [0.3, 0.4) is 0 Å². The number of nitrogens with zero attached hydrogens (tertiary/aromatic N) is 4. The van der Waals surface area contributed by atoms with Crippen molar-refractivity contribution in [2.24, 2.45) is 0 Å². The SMILES string of the molecule is Cc1cccc(C2CC(=O)c3cnc4c(C#N)cnn4c3C2)c1. The number of nitriles is 1. The molecule has 23 heavy (non-hydrogen) atoms. The van der Waals surface area contributed by atoms with Gasteiger partial charge < -0.3 is 0 Å². The minimum absolute atomic E-state index is 0.0844. The maximum absolute atomic E-state index is 12.5. The van der Waals surface area contributed by atoms with Gasteiger partial charge in [0, 0.05) is 12.6 Å². The third-order valence-corrected chi connectivity index (χ3v) is 4.43. The summed E-state index contributed by atoms with van der Waals surface area (Å²) in [6.45, 7) is 2.05. The Labute approximate surface area is 133 Å². The topological polar surface area (TPSA) is 71.0 Å². The quantitative estimate of drug-likeness (QED) is 0.693. The van der Waals surface area contributed by atoms with Gasteiger partial charge in [-0.1, -0.05) is 29.8 Å². The van der Waals surface area contributed by atoms with Gasteiger partial charge in [0.05, 0.1) is 17.5 Å². The molecule has 0 N–H and O–H groups in total. The van der Waals surface area contributed by atoms with Crippen molar-refractivity contribution in [3.63, 3.8) is 0 Å². The van der Waals surface area contributed by atoms with Gasteiger partial charge in [0.25, 0.3) is 0 Å². The Bertz CT molecular complexity index is 980. The van der Waals surface area contributed by atoms with Gasteiger partial charge in [0.1, 0.15) is 11.6 Å². The average molecular weight is 302 g/mol. The lowest BCUT2D eigenvalue weighted by molar-refractivity contribution is 0.0962. The zero-order valence-electron chi connectivity index (χ0n) is 12.7. The number of hydrogen-bond acceptors (Lipinski definition) is 4. The molecular weight excluding hydrogens is 288 g/mol. The first-order valence-corrected chi connectivity index (χ1v) is 7.53. The van der Waals surface area contributed by atoms with Gasteiger partial charge in [-0.3, -0.25) is 4.79 Å². The van der Waals surface area contributed by atoms with Crippen molar-refractivity contribution in [2.75, 3.05) is 0 Å². The number of Topliss-reactive ketones (excluding diaryl/α,β-unsaturated/α-hetero) is 1. The molecule has 0 aliphatic heterocycles. The number of carbonyl (C=O) groups excluding carboxylic acids is 1. The van der Waals surface area contributed by atoms with E-state index in [0.29, 0.717) is 23.2 Å². The lowest BCUT2D eigenvalue weighted by Crippen LogP contribution is -2.22. The number of ketones is 1. The summed E-state index contributed by atoms with van der Waals surface area (Å²) in [6, 6.07) is 10.4. The predicted molar refractivity (Wildman–Crippen MR) is 84.3 cm³/mol. The number of rotatable bonds is 1. The molecule has 1 aliphatic carbocycles. The smallest absolute Gasteiger partial charge is 0.173 e. The molecule has 1 atom stereocenters. The van der Waals surface area contributed by atoms with Crippen LogP contribution in [0.25, 0.3) is 5.65 Å². The van der Waals surface area contributed by atoms with Gasteiger partial charge in [-0.15, -0.1) is 0 Å². The largest absolute Gasteiger partial charge is 0.294 e. The Morgan fingerprint density at radius 1 is 1.30 bits per heavy atom. The van der Waals surface area contributed by atoms with Crippen LogP contribution in [0.2, 0.25) is 0 Å². The van der Waals surface area contributed by atoms with Crippen LogP contribution in [0.4, 0.5) is 0 Å². The van der Waals surface area contributed by atoms with Crippen molar-refractivity contribution in [3.05, 3.63) is 64.6 Å². The predicted octanol–water partition coefficient (Wildman–Crippen LogP) is 2.82. The first-order valence-electron chi connectivity index (χ1n) is 7.53. The summed E-state index contributed by atoms with van der Waals surface area (Å²) in [5.74, 6) is 0.219. The van der Waals surface area contributed by atoms with Gasteiger partial charge in [0.2, 0.25) is 0 Å². The average Bonchev–Trinajstić information content (AvgIpc) is 2.98. The Morgan fingerprint density at radius 2 is 2.17 bits per heavy atom. The molecule has 112 valence electrons. The van der Waals surface area contributed by atoms with E-state index in [1.807, 2.05) is 6.07 Å². The third-order valence-electron chi connectivity index (χ3n) is 4.43. The number of hydrogen-bond donors (Lipinski definition) is 0. The van der Waals surface area contributed by atoms with Crippen LogP contribution in [-0.4, -0.2) is 20.4 Å². The van der Waals surface area contributed by atoms with Crippen LogP contribution in [0.1, 0.15) is 45.1 Å². The highest BCUT2D eigenvalue weighted by Crippen LogP contribution is 2.33. The minimum Gasteiger partial charge on any atom is -0.294 e. The molecule has 1 aliphatic rings. The highest BCUT2D eigenvalue weighted by atomic mass is 16.1. The lowest BCUT2D eigenvalue weighted by Gasteiger charge is -2.24. The molecular formula is C18H14N4O. The number of benzene rings is 1. The number of aromatic nitrogens is 3. The normalized spacial score (nSPS) is 17.0. The number of carbonyl (C=O) groups is 1. The van der Waals surface area contributed by atoms with Crippen LogP contribution in [-0.2, 0) is 6.42 Å². The number of fused-ring (bicyclic) bond motifs is 3. The molecule has 0 amide bonds. The Hall–Kier alpha value is -3.00. The minimum atomic E-state index is 0.0844. The number of aryl methyl sites for hydroxylation is 1. The van der Waals surface area contributed by atoms with Gasteiger partial charge >= 0.3 is 0 Å².